The molecule has 1 fully saturated rings. The molecule has 1 aromatic heterocycles. The van der Waals surface area contributed by atoms with Crippen LogP contribution in [-0.4, -0.2) is 22.8 Å². The molecule has 1 saturated carbocycles. The van der Waals surface area contributed by atoms with Crippen LogP contribution < -0.4 is 10.6 Å². The highest BCUT2D eigenvalue weighted by atomic mass is 16.2. The van der Waals surface area contributed by atoms with Gasteiger partial charge < -0.3 is 10.6 Å². The third-order valence-corrected chi connectivity index (χ3v) is 5.26. The van der Waals surface area contributed by atoms with Gasteiger partial charge in [0.1, 0.15) is 6.04 Å². The number of nitrogens with one attached hydrogen (secondary N) is 2. The van der Waals surface area contributed by atoms with Crippen LogP contribution in [0, 0.1) is 17.8 Å². The first-order valence-electron chi connectivity index (χ1n) is 9.48. The van der Waals surface area contributed by atoms with Crippen LogP contribution in [0.1, 0.15) is 58.4 Å². The topological polar surface area (TPSA) is 71.1 Å². The molecule has 0 unspecified atom stereocenters. The van der Waals surface area contributed by atoms with E-state index in [9.17, 15) is 9.59 Å². The fourth-order valence-electron chi connectivity index (χ4n) is 3.44. The second-order valence-electron chi connectivity index (χ2n) is 7.43. The van der Waals surface area contributed by atoms with Crippen molar-refractivity contribution in [1.82, 2.24) is 15.6 Å². The van der Waals surface area contributed by atoms with E-state index in [4.69, 9.17) is 0 Å². The molecule has 1 aliphatic carbocycles. The number of hydrogen-bond donors (Lipinski definition) is 2. The summed E-state index contributed by atoms with van der Waals surface area (Å²) in [5, 5.41) is 5.92. The molecule has 1 heterocycles. The maximum Gasteiger partial charge on any atom is 0.243 e. The van der Waals surface area contributed by atoms with Crippen molar-refractivity contribution in [3.8, 4) is 0 Å². The second kappa shape index (κ2) is 9.54. The van der Waals surface area contributed by atoms with Gasteiger partial charge in [-0.2, -0.15) is 0 Å². The zero-order valence-electron chi connectivity index (χ0n) is 15.6. The zero-order valence-corrected chi connectivity index (χ0v) is 15.6. The molecule has 0 aromatic carbocycles. The first-order chi connectivity index (χ1) is 12.0. The zero-order chi connectivity index (χ0) is 18.2. The van der Waals surface area contributed by atoms with E-state index in [1.54, 1.807) is 12.4 Å². The predicted molar refractivity (Wildman–Crippen MR) is 98.6 cm³/mol. The molecule has 5 nitrogen and oxygen atoms in total. The van der Waals surface area contributed by atoms with E-state index in [-0.39, 0.29) is 23.7 Å². The molecule has 2 amide bonds. The number of amides is 2. The molecular formula is C20H31N3O2. The molecule has 138 valence electrons. The van der Waals surface area contributed by atoms with Crippen LogP contribution in [0.2, 0.25) is 0 Å². The normalized spacial score (nSPS) is 21.6. The average molecular weight is 345 g/mol. The number of hydrogen-bond acceptors (Lipinski definition) is 3. The van der Waals surface area contributed by atoms with E-state index in [1.807, 2.05) is 26.0 Å². The van der Waals surface area contributed by atoms with Gasteiger partial charge in [0.05, 0.1) is 0 Å². The molecule has 2 rings (SSSR count). The summed E-state index contributed by atoms with van der Waals surface area (Å²) in [6, 6.07) is 3.25. The molecule has 0 radical (unpaired) electrons. The molecule has 1 aliphatic rings. The van der Waals surface area contributed by atoms with Crippen molar-refractivity contribution in [3.63, 3.8) is 0 Å². The summed E-state index contributed by atoms with van der Waals surface area (Å²) in [4.78, 5) is 29.1. The summed E-state index contributed by atoms with van der Waals surface area (Å²) in [7, 11) is 0. The minimum absolute atomic E-state index is 0.0346. The molecule has 1 aromatic rings. The van der Waals surface area contributed by atoms with Gasteiger partial charge >= 0.3 is 0 Å². The van der Waals surface area contributed by atoms with Crippen molar-refractivity contribution in [2.75, 3.05) is 0 Å². The smallest absolute Gasteiger partial charge is 0.243 e. The minimum atomic E-state index is -0.488. The predicted octanol–water partition coefficient (Wildman–Crippen LogP) is 3.06. The highest BCUT2D eigenvalue weighted by Crippen LogP contribution is 2.30. The van der Waals surface area contributed by atoms with Crippen LogP contribution in [0.5, 0.6) is 0 Å². The first kappa shape index (κ1) is 19.4. The van der Waals surface area contributed by atoms with Crippen LogP contribution in [0.15, 0.2) is 24.5 Å². The second-order valence-corrected chi connectivity index (χ2v) is 7.43. The summed E-state index contributed by atoms with van der Waals surface area (Å²) in [5.41, 5.74) is 0.995. The van der Waals surface area contributed by atoms with Crippen molar-refractivity contribution in [2.24, 2.45) is 17.8 Å². The molecular weight excluding hydrogens is 314 g/mol. The van der Waals surface area contributed by atoms with E-state index < -0.39 is 6.04 Å². The van der Waals surface area contributed by atoms with E-state index in [0.29, 0.717) is 6.54 Å². The number of nitrogens with zero attached hydrogens (tertiary/aromatic N) is 1. The molecule has 2 N–H and O–H groups in total. The summed E-state index contributed by atoms with van der Waals surface area (Å²) < 4.78 is 0. The van der Waals surface area contributed by atoms with Crippen molar-refractivity contribution in [2.45, 2.75) is 65.5 Å². The first-order valence-corrected chi connectivity index (χ1v) is 9.48. The molecule has 0 saturated heterocycles. The van der Waals surface area contributed by atoms with E-state index >= 15 is 0 Å². The number of carbonyl (C=O) groups excluding carboxylic acids is 2. The standard InChI is InChI=1S/C20H31N3O2/c1-4-15-5-7-17(8-6-15)19(24)23-18(14(2)3)20(25)22-13-16-9-11-21-12-10-16/h9-12,14-15,17-18H,4-8,13H2,1-3H3,(H,22,25)(H,23,24)/t15?,17?,18-/m0/s1. The quantitative estimate of drug-likeness (QED) is 0.798. The third-order valence-electron chi connectivity index (χ3n) is 5.26. The van der Waals surface area contributed by atoms with Gasteiger partial charge in [0.2, 0.25) is 11.8 Å². The van der Waals surface area contributed by atoms with Crippen LogP contribution in [0.3, 0.4) is 0 Å². The van der Waals surface area contributed by atoms with Crippen LogP contribution >= 0.6 is 0 Å². The Balaban J connectivity index is 1.87. The van der Waals surface area contributed by atoms with Crippen LogP contribution in [-0.2, 0) is 16.1 Å². The Labute approximate surface area is 151 Å². The molecule has 5 heteroatoms. The summed E-state index contributed by atoms with van der Waals surface area (Å²) in [6.45, 7) is 6.59. The van der Waals surface area contributed by atoms with Gasteiger partial charge in [0.25, 0.3) is 0 Å². The maximum absolute atomic E-state index is 12.6. The molecule has 0 aliphatic heterocycles. The third kappa shape index (κ3) is 5.83. The largest absolute Gasteiger partial charge is 0.350 e. The Kier molecular flexibility index (Phi) is 7.41. The van der Waals surface area contributed by atoms with E-state index in [0.717, 1.165) is 37.2 Å². The Morgan fingerprint density at radius 1 is 1.16 bits per heavy atom. The number of carbonyl (C=O) groups is 2. The average Bonchev–Trinajstić information content (AvgIpc) is 2.64. The lowest BCUT2D eigenvalue weighted by molar-refractivity contribution is -0.133. The fourth-order valence-corrected chi connectivity index (χ4v) is 3.44. The number of rotatable bonds is 7. The van der Waals surface area contributed by atoms with Gasteiger partial charge in [-0.15, -0.1) is 0 Å². The van der Waals surface area contributed by atoms with Gasteiger partial charge in [-0.05, 0) is 55.2 Å². The Morgan fingerprint density at radius 3 is 2.36 bits per heavy atom. The molecule has 0 bridgehead atoms. The lowest BCUT2D eigenvalue weighted by Gasteiger charge is -2.29. The Morgan fingerprint density at radius 2 is 1.80 bits per heavy atom. The van der Waals surface area contributed by atoms with Crippen molar-refractivity contribution < 1.29 is 9.59 Å². The molecule has 1 atom stereocenters. The molecule has 0 spiro atoms. The summed E-state index contributed by atoms with van der Waals surface area (Å²) in [5.74, 6) is 0.772. The maximum atomic E-state index is 12.6. The lowest BCUT2D eigenvalue weighted by atomic mass is 9.80. The lowest BCUT2D eigenvalue weighted by Crippen LogP contribution is -2.51. The highest BCUT2D eigenvalue weighted by molar-refractivity contribution is 5.88. The van der Waals surface area contributed by atoms with Gasteiger partial charge in [-0.1, -0.05) is 27.2 Å². The van der Waals surface area contributed by atoms with Crippen LogP contribution in [0.25, 0.3) is 0 Å². The van der Waals surface area contributed by atoms with Crippen molar-refractivity contribution >= 4 is 11.8 Å². The molecule has 25 heavy (non-hydrogen) atoms. The van der Waals surface area contributed by atoms with Gasteiger partial charge in [-0.25, -0.2) is 0 Å². The van der Waals surface area contributed by atoms with E-state index in [1.165, 1.54) is 6.42 Å². The number of pyridine rings is 1. The van der Waals surface area contributed by atoms with Crippen molar-refractivity contribution in [1.29, 1.82) is 0 Å². The van der Waals surface area contributed by atoms with Gasteiger partial charge in [0.15, 0.2) is 0 Å². The van der Waals surface area contributed by atoms with Gasteiger partial charge in [-0.3, -0.25) is 14.6 Å². The fraction of sp³-hybridized carbons (Fsp3) is 0.650. The van der Waals surface area contributed by atoms with Crippen LogP contribution in [0.4, 0.5) is 0 Å². The minimum Gasteiger partial charge on any atom is -0.350 e. The monoisotopic (exact) mass is 345 g/mol. The number of aromatic nitrogens is 1. The Hall–Kier alpha value is -1.91. The summed E-state index contributed by atoms with van der Waals surface area (Å²) in [6.07, 6.45) is 8.72. The highest BCUT2D eigenvalue weighted by Gasteiger charge is 2.30. The summed E-state index contributed by atoms with van der Waals surface area (Å²) >= 11 is 0. The Bertz CT molecular complexity index is 551. The van der Waals surface area contributed by atoms with Gasteiger partial charge in [0, 0.05) is 24.9 Å². The van der Waals surface area contributed by atoms with E-state index in [2.05, 4.69) is 22.5 Å². The van der Waals surface area contributed by atoms with Crippen molar-refractivity contribution in [3.05, 3.63) is 30.1 Å². The SMILES string of the molecule is CCC1CCC(C(=O)N[C@H](C(=O)NCc2ccncc2)C(C)C)CC1.